The van der Waals surface area contributed by atoms with Crippen LogP contribution in [-0.4, -0.2) is 32.7 Å². The molecule has 1 atom stereocenters. The number of rotatable bonds is 6. The Morgan fingerprint density at radius 2 is 1.69 bits per heavy atom. The first-order chi connectivity index (χ1) is 12.2. The molecule has 7 nitrogen and oxygen atoms in total. The summed E-state index contributed by atoms with van der Waals surface area (Å²) in [7, 11) is -3.57. The zero-order chi connectivity index (χ0) is 19.3. The standard InChI is InChI=1S/C17H17ClN2O5S/c1-11(16(21)19-13-9-7-12(18)8-10-13)25-17(22)14-5-3-4-6-15(14)20-26(2,23)24/h3-11,20H,1-2H3,(H,19,21). The van der Waals surface area contributed by atoms with E-state index >= 15 is 0 Å². The lowest BCUT2D eigenvalue weighted by molar-refractivity contribution is -0.123. The fraction of sp³-hybridized carbons (Fsp3) is 0.176. The van der Waals surface area contributed by atoms with E-state index in [1.54, 1.807) is 36.4 Å². The van der Waals surface area contributed by atoms with Crippen LogP contribution in [0.4, 0.5) is 11.4 Å². The van der Waals surface area contributed by atoms with Crippen molar-refractivity contribution in [1.82, 2.24) is 0 Å². The summed E-state index contributed by atoms with van der Waals surface area (Å²) in [5, 5.41) is 3.12. The average Bonchev–Trinajstić information content (AvgIpc) is 2.55. The van der Waals surface area contributed by atoms with Gasteiger partial charge in [-0.25, -0.2) is 13.2 Å². The fourth-order valence-corrected chi connectivity index (χ4v) is 2.71. The Hall–Kier alpha value is -2.58. The van der Waals surface area contributed by atoms with E-state index in [4.69, 9.17) is 16.3 Å². The number of anilines is 2. The van der Waals surface area contributed by atoms with Crippen molar-refractivity contribution >= 4 is 44.9 Å². The molecule has 0 bridgehead atoms. The van der Waals surface area contributed by atoms with E-state index < -0.39 is 28.0 Å². The smallest absolute Gasteiger partial charge is 0.341 e. The molecule has 0 aliphatic heterocycles. The van der Waals surface area contributed by atoms with E-state index in [0.717, 1.165) is 6.26 Å². The molecule has 0 fully saturated rings. The van der Waals surface area contributed by atoms with Gasteiger partial charge in [0.1, 0.15) is 0 Å². The first kappa shape index (κ1) is 19.7. The van der Waals surface area contributed by atoms with Gasteiger partial charge in [0.15, 0.2) is 6.10 Å². The second-order valence-electron chi connectivity index (χ2n) is 5.46. The number of esters is 1. The first-order valence-electron chi connectivity index (χ1n) is 7.50. The van der Waals surface area contributed by atoms with Gasteiger partial charge in [-0.05, 0) is 43.3 Å². The Morgan fingerprint density at radius 1 is 1.08 bits per heavy atom. The zero-order valence-electron chi connectivity index (χ0n) is 14.0. The van der Waals surface area contributed by atoms with Crippen LogP contribution in [-0.2, 0) is 19.6 Å². The summed E-state index contributed by atoms with van der Waals surface area (Å²) in [6.45, 7) is 1.41. The molecule has 2 rings (SSSR count). The third-order valence-corrected chi connectivity index (χ3v) is 4.05. The minimum atomic E-state index is -3.57. The number of sulfonamides is 1. The maximum Gasteiger partial charge on any atom is 0.341 e. The van der Waals surface area contributed by atoms with Gasteiger partial charge in [-0.1, -0.05) is 23.7 Å². The summed E-state index contributed by atoms with van der Waals surface area (Å²) in [5.41, 5.74) is 0.579. The highest BCUT2D eigenvalue weighted by atomic mass is 35.5. The molecule has 0 aromatic heterocycles. The molecular formula is C17H17ClN2O5S. The fourth-order valence-electron chi connectivity index (χ4n) is 2.00. The number of amides is 1. The van der Waals surface area contributed by atoms with Crippen molar-refractivity contribution in [3.63, 3.8) is 0 Å². The summed E-state index contributed by atoms with van der Waals surface area (Å²) in [5.74, 6) is -1.36. The Morgan fingerprint density at radius 3 is 2.31 bits per heavy atom. The molecule has 2 aromatic rings. The third kappa shape index (κ3) is 5.75. The number of carbonyl (C=O) groups is 2. The summed E-state index contributed by atoms with van der Waals surface area (Å²) in [6.07, 6.45) is -0.124. The molecule has 138 valence electrons. The van der Waals surface area contributed by atoms with Gasteiger partial charge in [0.2, 0.25) is 10.0 Å². The average molecular weight is 397 g/mol. The molecule has 1 unspecified atom stereocenters. The second kappa shape index (κ2) is 8.20. The summed E-state index contributed by atoms with van der Waals surface area (Å²) >= 11 is 5.78. The van der Waals surface area contributed by atoms with Crippen LogP contribution in [0, 0.1) is 0 Å². The second-order valence-corrected chi connectivity index (χ2v) is 7.65. The van der Waals surface area contributed by atoms with Crippen LogP contribution < -0.4 is 10.0 Å². The predicted octanol–water partition coefficient (Wildman–Crippen LogP) is 2.90. The van der Waals surface area contributed by atoms with E-state index in [2.05, 4.69) is 10.0 Å². The van der Waals surface area contributed by atoms with Gasteiger partial charge in [0.05, 0.1) is 17.5 Å². The van der Waals surface area contributed by atoms with Crippen LogP contribution >= 0.6 is 11.6 Å². The number of carbonyl (C=O) groups excluding carboxylic acids is 2. The van der Waals surface area contributed by atoms with Gasteiger partial charge in [-0.15, -0.1) is 0 Å². The molecule has 0 radical (unpaired) electrons. The van der Waals surface area contributed by atoms with Gasteiger partial charge in [0.25, 0.3) is 5.91 Å². The van der Waals surface area contributed by atoms with E-state index in [1.165, 1.54) is 19.1 Å². The largest absolute Gasteiger partial charge is 0.449 e. The number of hydrogen-bond donors (Lipinski definition) is 2. The van der Waals surface area contributed by atoms with Gasteiger partial charge in [-0.3, -0.25) is 9.52 Å². The van der Waals surface area contributed by atoms with Gasteiger partial charge >= 0.3 is 5.97 Å². The first-order valence-corrected chi connectivity index (χ1v) is 9.77. The summed E-state index contributed by atoms with van der Waals surface area (Å²) in [4.78, 5) is 24.5. The molecule has 0 heterocycles. The molecule has 0 spiro atoms. The maximum absolute atomic E-state index is 12.3. The van der Waals surface area contributed by atoms with Crippen LogP contribution in [0.25, 0.3) is 0 Å². The van der Waals surface area contributed by atoms with E-state index in [9.17, 15) is 18.0 Å². The Balaban J connectivity index is 2.07. The van der Waals surface area contributed by atoms with Crippen LogP contribution in [0.3, 0.4) is 0 Å². The molecule has 0 saturated carbocycles. The third-order valence-electron chi connectivity index (χ3n) is 3.21. The van der Waals surface area contributed by atoms with Crippen LogP contribution in [0.2, 0.25) is 5.02 Å². The number of halogens is 1. The topological polar surface area (TPSA) is 102 Å². The number of nitrogens with one attached hydrogen (secondary N) is 2. The van der Waals surface area contributed by atoms with Crippen molar-refractivity contribution in [3.8, 4) is 0 Å². The minimum Gasteiger partial charge on any atom is -0.449 e. The SMILES string of the molecule is CC(OC(=O)c1ccccc1NS(C)(=O)=O)C(=O)Nc1ccc(Cl)cc1. The molecule has 0 aliphatic rings. The Kier molecular flexibility index (Phi) is 6.23. The monoisotopic (exact) mass is 396 g/mol. The lowest BCUT2D eigenvalue weighted by Crippen LogP contribution is -2.30. The van der Waals surface area contributed by atoms with Crippen LogP contribution in [0.1, 0.15) is 17.3 Å². The number of para-hydroxylation sites is 1. The van der Waals surface area contributed by atoms with Crippen LogP contribution in [0.5, 0.6) is 0 Å². The van der Waals surface area contributed by atoms with Crippen molar-refractivity contribution in [2.24, 2.45) is 0 Å². The molecule has 0 saturated heterocycles. The molecule has 2 N–H and O–H groups in total. The molecule has 26 heavy (non-hydrogen) atoms. The lowest BCUT2D eigenvalue weighted by atomic mass is 10.2. The van der Waals surface area contributed by atoms with Crippen molar-refractivity contribution in [2.75, 3.05) is 16.3 Å². The van der Waals surface area contributed by atoms with Crippen LogP contribution in [0.15, 0.2) is 48.5 Å². The van der Waals surface area contributed by atoms with Gasteiger partial charge in [-0.2, -0.15) is 0 Å². The van der Waals surface area contributed by atoms with E-state index in [1.807, 2.05) is 0 Å². The van der Waals surface area contributed by atoms with Gasteiger partial charge < -0.3 is 10.1 Å². The molecule has 9 heteroatoms. The normalized spacial score (nSPS) is 12.1. The summed E-state index contributed by atoms with van der Waals surface area (Å²) < 4.78 is 30.2. The lowest BCUT2D eigenvalue weighted by Gasteiger charge is -2.15. The molecule has 1 amide bonds. The number of benzene rings is 2. The van der Waals surface area contributed by atoms with E-state index in [0.29, 0.717) is 10.7 Å². The molecule has 0 aliphatic carbocycles. The Bertz CT molecular complexity index is 913. The highest BCUT2D eigenvalue weighted by molar-refractivity contribution is 7.92. The highest BCUT2D eigenvalue weighted by Gasteiger charge is 2.21. The van der Waals surface area contributed by atoms with E-state index in [-0.39, 0.29) is 11.3 Å². The Labute approximate surface area is 156 Å². The number of hydrogen-bond acceptors (Lipinski definition) is 5. The zero-order valence-corrected chi connectivity index (χ0v) is 15.6. The highest BCUT2D eigenvalue weighted by Crippen LogP contribution is 2.19. The van der Waals surface area contributed by atoms with Gasteiger partial charge in [0, 0.05) is 10.7 Å². The maximum atomic E-state index is 12.3. The molecular weight excluding hydrogens is 380 g/mol. The molecule has 2 aromatic carbocycles. The van der Waals surface area contributed by atoms with Crippen molar-refractivity contribution in [3.05, 3.63) is 59.1 Å². The quantitative estimate of drug-likeness (QED) is 0.731. The summed E-state index contributed by atoms with van der Waals surface area (Å²) in [6, 6.07) is 12.4. The minimum absolute atomic E-state index is 0.00377. The van der Waals surface area contributed by atoms with Crippen molar-refractivity contribution < 1.29 is 22.7 Å². The van der Waals surface area contributed by atoms with Crippen molar-refractivity contribution in [2.45, 2.75) is 13.0 Å². The van der Waals surface area contributed by atoms with Crippen molar-refractivity contribution in [1.29, 1.82) is 0 Å². The predicted molar refractivity (Wildman–Crippen MR) is 99.9 cm³/mol. The number of ether oxygens (including phenoxy) is 1.